The molecule has 0 aliphatic rings. The van der Waals surface area contributed by atoms with E-state index in [2.05, 4.69) is 9.97 Å². The molecule has 0 aliphatic heterocycles. The first-order valence-electron chi connectivity index (χ1n) is 4.30. The maximum atomic E-state index is 8.78. The van der Waals surface area contributed by atoms with Crippen molar-refractivity contribution in [2.45, 2.75) is 6.42 Å². The Bertz CT molecular complexity index is 459. The minimum absolute atomic E-state index is 0.126. The van der Waals surface area contributed by atoms with Gasteiger partial charge in [-0.3, -0.25) is 0 Å². The predicted molar refractivity (Wildman–Crippen MR) is 55.3 cm³/mol. The molecule has 72 valence electrons. The first-order valence-corrected chi connectivity index (χ1v) is 4.68. The van der Waals surface area contributed by atoms with Gasteiger partial charge in [-0.15, -0.1) is 0 Å². The van der Waals surface area contributed by atoms with Crippen LogP contribution in [0, 0.1) is 0 Å². The van der Waals surface area contributed by atoms with Gasteiger partial charge in [-0.2, -0.15) is 0 Å². The van der Waals surface area contributed by atoms with Gasteiger partial charge in [0.15, 0.2) is 5.65 Å². The smallest absolute Gasteiger partial charge is 0.159 e. The van der Waals surface area contributed by atoms with Crippen molar-refractivity contribution in [1.82, 2.24) is 9.97 Å². The lowest BCUT2D eigenvalue weighted by Crippen LogP contribution is -1.92. The van der Waals surface area contributed by atoms with Crippen molar-refractivity contribution >= 4 is 22.6 Å². The van der Waals surface area contributed by atoms with Gasteiger partial charge in [0, 0.05) is 24.4 Å². The van der Waals surface area contributed by atoms with E-state index in [-0.39, 0.29) is 6.61 Å². The van der Waals surface area contributed by atoms with Crippen LogP contribution in [0.4, 0.5) is 0 Å². The van der Waals surface area contributed by atoms with Crippen LogP contribution in [0.1, 0.15) is 5.56 Å². The maximum absolute atomic E-state index is 8.78. The summed E-state index contributed by atoms with van der Waals surface area (Å²) < 4.78 is 0. The van der Waals surface area contributed by atoms with Gasteiger partial charge in [0.05, 0.1) is 5.02 Å². The van der Waals surface area contributed by atoms with Crippen LogP contribution in [0.5, 0.6) is 0 Å². The molecule has 3 nitrogen and oxygen atoms in total. The Morgan fingerprint density at radius 3 is 2.79 bits per heavy atom. The van der Waals surface area contributed by atoms with Crippen LogP contribution in [-0.4, -0.2) is 21.7 Å². The molecule has 0 aromatic carbocycles. The molecule has 0 amide bonds. The third-order valence-corrected chi connectivity index (χ3v) is 2.16. The second-order valence-corrected chi connectivity index (χ2v) is 3.45. The standard InChI is InChI=1S/C10H9ClN2O/c11-9-4-8-3-7(1-2-14)5-12-10(8)13-6-9/h3-6,14H,1-2H2. The zero-order valence-electron chi connectivity index (χ0n) is 7.44. The van der Waals surface area contributed by atoms with E-state index in [0.717, 1.165) is 10.9 Å². The Morgan fingerprint density at radius 1 is 1.21 bits per heavy atom. The molecule has 0 saturated heterocycles. The molecule has 0 atom stereocenters. The Hall–Kier alpha value is -1.19. The minimum Gasteiger partial charge on any atom is -0.396 e. The number of hydrogen-bond donors (Lipinski definition) is 1. The van der Waals surface area contributed by atoms with Gasteiger partial charge in [0.2, 0.25) is 0 Å². The number of aliphatic hydroxyl groups excluding tert-OH is 1. The lowest BCUT2D eigenvalue weighted by molar-refractivity contribution is 0.299. The van der Waals surface area contributed by atoms with Crippen molar-refractivity contribution in [3.8, 4) is 0 Å². The topological polar surface area (TPSA) is 46.0 Å². The summed E-state index contributed by atoms with van der Waals surface area (Å²) in [5.41, 5.74) is 1.67. The van der Waals surface area contributed by atoms with E-state index in [1.165, 1.54) is 0 Å². The van der Waals surface area contributed by atoms with Gasteiger partial charge in [-0.25, -0.2) is 9.97 Å². The van der Waals surface area contributed by atoms with Gasteiger partial charge in [-0.1, -0.05) is 11.6 Å². The minimum atomic E-state index is 0.126. The number of aliphatic hydroxyl groups is 1. The highest BCUT2D eigenvalue weighted by molar-refractivity contribution is 6.31. The largest absolute Gasteiger partial charge is 0.396 e. The second-order valence-electron chi connectivity index (χ2n) is 3.02. The molecule has 14 heavy (non-hydrogen) atoms. The van der Waals surface area contributed by atoms with Crippen molar-refractivity contribution in [2.75, 3.05) is 6.61 Å². The lowest BCUT2D eigenvalue weighted by Gasteiger charge is -2.00. The van der Waals surface area contributed by atoms with Crippen molar-refractivity contribution < 1.29 is 5.11 Å². The van der Waals surface area contributed by atoms with Crippen molar-refractivity contribution in [2.24, 2.45) is 0 Å². The molecule has 0 saturated carbocycles. The van der Waals surface area contributed by atoms with Crippen LogP contribution in [0.25, 0.3) is 11.0 Å². The summed E-state index contributed by atoms with van der Waals surface area (Å²) in [6, 6.07) is 3.76. The highest BCUT2D eigenvalue weighted by Gasteiger charge is 1.99. The van der Waals surface area contributed by atoms with E-state index in [0.29, 0.717) is 17.1 Å². The molecule has 0 fully saturated rings. The zero-order valence-corrected chi connectivity index (χ0v) is 8.20. The number of fused-ring (bicyclic) bond motifs is 1. The van der Waals surface area contributed by atoms with Crippen LogP contribution in [-0.2, 0) is 6.42 Å². The zero-order chi connectivity index (χ0) is 9.97. The van der Waals surface area contributed by atoms with E-state index in [1.54, 1.807) is 12.4 Å². The van der Waals surface area contributed by atoms with Crippen molar-refractivity contribution in [3.05, 3.63) is 35.1 Å². The SMILES string of the molecule is OCCc1cnc2ncc(Cl)cc2c1. The van der Waals surface area contributed by atoms with Gasteiger partial charge < -0.3 is 5.11 Å². The third-order valence-electron chi connectivity index (χ3n) is 1.96. The predicted octanol–water partition coefficient (Wildman–Crippen LogP) is 1.82. The highest BCUT2D eigenvalue weighted by Crippen LogP contribution is 2.16. The van der Waals surface area contributed by atoms with Gasteiger partial charge in [0.25, 0.3) is 0 Å². The Labute approximate surface area is 86.4 Å². The monoisotopic (exact) mass is 208 g/mol. The summed E-state index contributed by atoms with van der Waals surface area (Å²) in [5.74, 6) is 0. The summed E-state index contributed by atoms with van der Waals surface area (Å²) in [6.45, 7) is 0.126. The summed E-state index contributed by atoms with van der Waals surface area (Å²) >= 11 is 5.81. The Balaban J connectivity index is 2.52. The van der Waals surface area contributed by atoms with E-state index < -0.39 is 0 Å². The fourth-order valence-electron chi connectivity index (χ4n) is 1.31. The van der Waals surface area contributed by atoms with Gasteiger partial charge >= 0.3 is 0 Å². The van der Waals surface area contributed by atoms with E-state index in [1.807, 2.05) is 12.1 Å². The van der Waals surface area contributed by atoms with Crippen LogP contribution < -0.4 is 0 Å². The number of pyridine rings is 2. The average Bonchev–Trinajstić information content (AvgIpc) is 2.17. The molecule has 0 spiro atoms. The van der Waals surface area contributed by atoms with E-state index in [4.69, 9.17) is 16.7 Å². The van der Waals surface area contributed by atoms with Gasteiger partial charge in [-0.05, 0) is 24.1 Å². The molecule has 0 radical (unpaired) electrons. The number of nitrogens with zero attached hydrogens (tertiary/aromatic N) is 2. The summed E-state index contributed by atoms with van der Waals surface area (Å²) in [5, 5.41) is 10.3. The van der Waals surface area contributed by atoms with Gasteiger partial charge in [0.1, 0.15) is 0 Å². The molecular weight excluding hydrogens is 200 g/mol. The fourth-order valence-corrected chi connectivity index (χ4v) is 1.48. The number of aromatic nitrogens is 2. The number of hydrogen-bond acceptors (Lipinski definition) is 3. The Kier molecular flexibility index (Phi) is 2.61. The van der Waals surface area contributed by atoms with Crippen molar-refractivity contribution in [1.29, 1.82) is 0 Å². The van der Waals surface area contributed by atoms with Crippen molar-refractivity contribution in [3.63, 3.8) is 0 Å². The lowest BCUT2D eigenvalue weighted by atomic mass is 10.2. The molecule has 2 heterocycles. The summed E-state index contributed by atoms with van der Waals surface area (Å²) in [6.07, 6.45) is 3.90. The quantitative estimate of drug-likeness (QED) is 0.819. The third kappa shape index (κ3) is 1.84. The molecule has 2 aromatic heterocycles. The molecular formula is C10H9ClN2O. The number of rotatable bonds is 2. The fraction of sp³-hybridized carbons (Fsp3) is 0.200. The second kappa shape index (κ2) is 3.90. The molecule has 4 heteroatoms. The highest BCUT2D eigenvalue weighted by atomic mass is 35.5. The molecule has 0 bridgehead atoms. The molecule has 0 aliphatic carbocycles. The molecule has 1 N–H and O–H groups in total. The summed E-state index contributed by atoms with van der Waals surface area (Å²) in [4.78, 5) is 8.24. The maximum Gasteiger partial charge on any atom is 0.159 e. The average molecular weight is 209 g/mol. The van der Waals surface area contributed by atoms with E-state index in [9.17, 15) is 0 Å². The van der Waals surface area contributed by atoms with Crippen LogP contribution >= 0.6 is 11.6 Å². The first kappa shape index (κ1) is 9.37. The van der Waals surface area contributed by atoms with Crippen LogP contribution in [0.15, 0.2) is 24.5 Å². The molecule has 2 aromatic rings. The first-order chi connectivity index (χ1) is 6.79. The molecule has 2 rings (SSSR count). The Morgan fingerprint density at radius 2 is 2.00 bits per heavy atom. The van der Waals surface area contributed by atoms with E-state index >= 15 is 0 Å². The normalized spacial score (nSPS) is 10.7. The van der Waals surface area contributed by atoms with Crippen LogP contribution in [0.2, 0.25) is 5.02 Å². The number of halogens is 1. The van der Waals surface area contributed by atoms with Crippen LogP contribution in [0.3, 0.4) is 0 Å². The summed E-state index contributed by atoms with van der Waals surface area (Å²) in [7, 11) is 0. The molecule has 0 unspecified atom stereocenters.